The van der Waals surface area contributed by atoms with E-state index < -0.39 is 16.6 Å². The second-order valence-electron chi connectivity index (χ2n) is 15.6. The van der Waals surface area contributed by atoms with Crippen LogP contribution in [0.4, 0.5) is 0 Å². The molecule has 266 valence electrons. The molecule has 6 rings (SSSR count). The molecule has 0 amide bonds. The summed E-state index contributed by atoms with van der Waals surface area (Å²) < 4.78 is 22.3. The van der Waals surface area contributed by atoms with Crippen LogP contribution in [0, 0.1) is 6.92 Å². The van der Waals surface area contributed by atoms with Crippen molar-refractivity contribution in [2.24, 2.45) is 0 Å². The van der Waals surface area contributed by atoms with Crippen LogP contribution in [0.25, 0.3) is 6.08 Å². The third kappa shape index (κ3) is 7.49. The Balaban J connectivity index is 1.44. The van der Waals surface area contributed by atoms with Crippen molar-refractivity contribution < 1.29 is 13.6 Å². The molecule has 0 aliphatic carbocycles. The van der Waals surface area contributed by atoms with E-state index in [1.54, 1.807) is 0 Å². The van der Waals surface area contributed by atoms with Gasteiger partial charge in [0.05, 0.1) is 24.5 Å². The highest BCUT2D eigenvalue weighted by Gasteiger charge is 2.55. The van der Waals surface area contributed by atoms with Crippen molar-refractivity contribution in [2.75, 3.05) is 6.61 Å². The molecule has 0 saturated carbocycles. The maximum absolute atomic E-state index is 12.1. The van der Waals surface area contributed by atoms with Gasteiger partial charge in [0.25, 0.3) is 16.6 Å². The van der Waals surface area contributed by atoms with E-state index in [1.807, 2.05) is 13.0 Å². The molecule has 1 aliphatic heterocycles. The van der Waals surface area contributed by atoms with Crippen LogP contribution < -0.4 is 25.6 Å². The van der Waals surface area contributed by atoms with Gasteiger partial charge >= 0.3 is 4.87 Å². The van der Waals surface area contributed by atoms with Crippen molar-refractivity contribution in [2.45, 2.75) is 83.3 Å². The average molecular weight is 734 g/mol. The topological polar surface area (TPSA) is 60.6 Å². The van der Waals surface area contributed by atoms with Gasteiger partial charge < -0.3 is 18.6 Å². The first-order valence-electron chi connectivity index (χ1n) is 17.9. The van der Waals surface area contributed by atoms with Crippen molar-refractivity contribution in [1.82, 2.24) is 4.98 Å². The molecular weight excluding hydrogens is 683 g/mol. The van der Waals surface area contributed by atoms with Crippen LogP contribution in [-0.4, -0.2) is 46.5 Å². The van der Waals surface area contributed by atoms with E-state index in [0.717, 1.165) is 10.6 Å². The lowest BCUT2D eigenvalue weighted by molar-refractivity contribution is -0.00175. The fourth-order valence-electron chi connectivity index (χ4n) is 7.81. The first-order valence-corrected chi connectivity index (χ1v) is 22.6. The largest absolute Gasteiger partial charge is 0.405 e. The summed E-state index contributed by atoms with van der Waals surface area (Å²) in [6, 6.07) is 43.1. The molecule has 5 nitrogen and oxygen atoms in total. The molecule has 1 aliphatic rings. The van der Waals surface area contributed by atoms with E-state index in [9.17, 15) is 4.79 Å². The number of aromatic nitrogens is 1. The molecule has 4 aromatic carbocycles. The minimum atomic E-state index is -2.91. The summed E-state index contributed by atoms with van der Waals surface area (Å²) in [4.78, 5) is 16.0. The van der Waals surface area contributed by atoms with Crippen molar-refractivity contribution >= 4 is 54.8 Å². The van der Waals surface area contributed by atoms with Gasteiger partial charge in [-0.15, -0.1) is 0 Å². The van der Waals surface area contributed by atoms with Gasteiger partial charge in [-0.2, -0.15) is 0 Å². The number of nitrogens with one attached hydrogen (secondary N) is 1. The number of ether oxygens (including phenoxy) is 1. The standard InChI is InChI=1S/C43H51NO4SSi2/c1-32-38(44-41(45)49-32)29-28-33-30-39(48-51(43(5,6)7,36-24-16-10-17-25-36)37-26-18-11-19-27-37)40(47-33)31-46-50(42(2,3)4,34-20-12-8-13-21-34)35-22-14-9-15-23-35/h8-29,33,39-40H,30-31H2,1-7H3,(H,44,45)/b29-28-/t33-,39+,40-/m1/s1. The van der Waals surface area contributed by atoms with Crippen molar-refractivity contribution in [3.63, 3.8) is 0 Å². The minimum Gasteiger partial charge on any atom is -0.405 e. The lowest BCUT2D eigenvalue weighted by Crippen LogP contribution is -2.69. The van der Waals surface area contributed by atoms with Crippen LogP contribution in [0.15, 0.2) is 132 Å². The third-order valence-corrected chi connectivity index (χ3v) is 21.1. The third-order valence-electron chi connectivity index (χ3n) is 10.2. The number of hydrogen-bond donors (Lipinski definition) is 1. The summed E-state index contributed by atoms with van der Waals surface area (Å²) in [5, 5.41) is 4.57. The summed E-state index contributed by atoms with van der Waals surface area (Å²) in [7, 11) is -5.76. The highest BCUT2D eigenvalue weighted by Crippen LogP contribution is 2.41. The normalized spacial score (nSPS) is 18.8. The first kappa shape index (κ1) is 37.1. The van der Waals surface area contributed by atoms with Gasteiger partial charge in [-0.1, -0.05) is 180 Å². The van der Waals surface area contributed by atoms with Gasteiger partial charge in [0, 0.05) is 11.3 Å². The maximum Gasteiger partial charge on any atom is 0.305 e. The van der Waals surface area contributed by atoms with Crippen molar-refractivity contribution in [3.05, 3.63) is 148 Å². The van der Waals surface area contributed by atoms with E-state index in [2.05, 4.69) is 174 Å². The van der Waals surface area contributed by atoms with Crippen molar-refractivity contribution in [1.29, 1.82) is 0 Å². The molecule has 1 N–H and O–H groups in total. The van der Waals surface area contributed by atoms with Gasteiger partial charge in [0.1, 0.15) is 6.10 Å². The Hall–Kier alpha value is -3.64. The Morgan fingerprint density at radius 3 is 1.55 bits per heavy atom. The molecule has 2 heterocycles. The van der Waals surface area contributed by atoms with Crippen molar-refractivity contribution in [3.8, 4) is 0 Å². The van der Waals surface area contributed by atoms with E-state index in [0.29, 0.717) is 13.0 Å². The molecular formula is C43H51NO4SSi2. The Morgan fingerprint density at radius 1 is 0.725 bits per heavy atom. The number of H-pyrrole nitrogens is 1. The minimum absolute atomic E-state index is 0.0519. The fraction of sp³-hybridized carbons (Fsp3) is 0.326. The summed E-state index contributed by atoms with van der Waals surface area (Å²) in [5.74, 6) is 0. The highest BCUT2D eigenvalue weighted by molar-refractivity contribution is 7.09. The zero-order valence-corrected chi connectivity index (χ0v) is 33.7. The van der Waals surface area contributed by atoms with E-state index in [-0.39, 0.29) is 33.3 Å². The molecule has 3 atom stereocenters. The summed E-state index contributed by atoms with van der Waals surface area (Å²) in [6.07, 6.45) is 3.95. The quantitative estimate of drug-likeness (QED) is 0.144. The number of aromatic amines is 1. The highest BCUT2D eigenvalue weighted by atomic mass is 32.1. The second kappa shape index (κ2) is 15.1. The number of thiazole rings is 1. The number of aryl methyl sites for hydroxylation is 1. The molecule has 1 aromatic heterocycles. The Labute approximate surface area is 309 Å². The fourth-order valence-corrected chi connectivity index (χ4v) is 17.8. The zero-order chi connectivity index (χ0) is 36.3. The number of hydrogen-bond acceptors (Lipinski definition) is 5. The van der Waals surface area contributed by atoms with Gasteiger partial charge in [0.15, 0.2) is 0 Å². The predicted molar refractivity (Wildman–Crippen MR) is 218 cm³/mol. The van der Waals surface area contributed by atoms with Crippen LogP contribution in [0.2, 0.25) is 10.1 Å². The number of rotatable bonds is 11. The van der Waals surface area contributed by atoms with Gasteiger partial charge in [0.2, 0.25) is 0 Å². The lowest BCUT2D eigenvalue weighted by Gasteiger charge is -2.46. The van der Waals surface area contributed by atoms with E-state index >= 15 is 0 Å². The molecule has 51 heavy (non-hydrogen) atoms. The molecule has 0 radical (unpaired) electrons. The Morgan fingerprint density at radius 2 is 1.16 bits per heavy atom. The smallest absolute Gasteiger partial charge is 0.305 e. The summed E-state index contributed by atoms with van der Waals surface area (Å²) >= 11 is 1.23. The molecule has 0 unspecified atom stereocenters. The first-order chi connectivity index (χ1) is 24.3. The SMILES string of the molecule is Cc1sc(=O)[nH]c1/C=C\[C@@H]1C[C@H](O[Si](c2ccccc2)(c2ccccc2)C(C)(C)C)[C@@H](CO[Si](c2ccccc2)(c2ccccc2)C(C)(C)C)O1. The van der Waals surface area contributed by atoms with Gasteiger partial charge in [-0.3, -0.25) is 4.79 Å². The summed E-state index contributed by atoms with van der Waals surface area (Å²) in [5.41, 5.74) is 0.824. The summed E-state index contributed by atoms with van der Waals surface area (Å²) in [6.45, 7) is 16.2. The van der Waals surface area contributed by atoms with E-state index in [4.69, 9.17) is 13.6 Å². The Kier molecular flexibility index (Phi) is 11.0. The molecule has 1 fully saturated rings. The van der Waals surface area contributed by atoms with E-state index in [1.165, 1.54) is 32.1 Å². The molecule has 8 heteroatoms. The molecule has 0 bridgehead atoms. The number of benzene rings is 4. The van der Waals surface area contributed by atoms with Crippen LogP contribution in [-0.2, 0) is 13.6 Å². The maximum atomic E-state index is 12.1. The van der Waals surface area contributed by atoms with Gasteiger partial charge in [-0.25, -0.2) is 0 Å². The predicted octanol–water partition coefficient (Wildman–Crippen LogP) is 7.44. The lowest BCUT2D eigenvalue weighted by atomic mass is 10.1. The second-order valence-corrected chi connectivity index (χ2v) is 25.3. The molecule has 1 saturated heterocycles. The molecule has 0 spiro atoms. The Bertz CT molecular complexity index is 1870. The van der Waals surface area contributed by atoms with Crippen LogP contribution in [0.5, 0.6) is 0 Å². The van der Waals surface area contributed by atoms with Crippen LogP contribution in [0.1, 0.15) is 58.5 Å². The average Bonchev–Trinajstić information content (AvgIpc) is 3.66. The zero-order valence-electron chi connectivity index (χ0n) is 30.9. The van der Waals surface area contributed by atoms with Gasteiger partial charge in [-0.05, 0) is 43.8 Å². The van der Waals surface area contributed by atoms with Crippen LogP contribution in [0.3, 0.4) is 0 Å². The van der Waals surface area contributed by atoms with Crippen LogP contribution >= 0.6 is 11.3 Å². The monoisotopic (exact) mass is 733 g/mol. The molecule has 5 aromatic rings.